The normalized spacial score (nSPS) is 12.4. The molecule has 0 N–H and O–H groups in total. The molecule has 0 saturated carbocycles. The second-order valence-electron chi connectivity index (χ2n) is 2.48. The van der Waals surface area contributed by atoms with Gasteiger partial charge in [0.1, 0.15) is 6.03 Å². The van der Waals surface area contributed by atoms with Crippen LogP contribution in [0.2, 0.25) is 0 Å². The summed E-state index contributed by atoms with van der Waals surface area (Å²) in [6.07, 6.45) is 0.410. The first-order valence-corrected chi connectivity index (χ1v) is 5.15. The summed E-state index contributed by atoms with van der Waals surface area (Å²) >= 11 is 0. The second-order valence-corrected chi connectivity index (χ2v) is 3.74. The molecule has 0 fully saturated rings. The van der Waals surface area contributed by atoms with E-state index in [0.717, 1.165) is 0 Å². The van der Waals surface area contributed by atoms with Gasteiger partial charge in [0.15, 0.2) is 0 Å². The van der Waals surface area contributed by atoms with Crippen molar-refractivity contribution < 1.29 is 23.9 Å². The van der Waals surface area contributed by atoms with Crippen molar-refractivity contribution in [2.45, 2.75) is 18.5 Å². The number of ether oxygens (including phenoxy) is 2. The van der Waals surface area contributed by atoms with Gasteiger partial charge in [-0.1, -0.05) is 0 Å². The van der Waals surface area contributed by atoms with E-state index in [1.807, 2.05) is 0 Å². The molecule has 0 heterocycles. The molecule has 0 amide bonds. The number of rotatable bonds is 6. The lowest BCUT2D eigenvalue weighted by molar-refractivity contribution is -0.142. The molecule has 0 aliphatic rings. The Labute approximate surface area is 83.9 Å². The number of methoxy groups -OCH3 is 2. The van der Waals surface area contributed by atoms with E-state index in [4.69, 9.17) is 0 Å². The summed E-state index contributed by atoms with van der Waals surface area (Å²) < 4.78 is 8.90. The average molecular weight is 220 g/mol. The van der Waals surface area contributed by atoms with E-state index in [-0.39, 0.29) is 21.4 Å². The van der Waals surface area contributed by atoms with Gasteiger partial charge in [0.2, 0.25) is 0 Å². The van der Waals surface area contributed by atoms with Gasteiger partial charge in [-0.3, -0.25) is 14.4 Å². The van der Waals surface area contributed by atoms with E-state index < -0.39 is 17.6 Å². The van der Waals surface area contributed by atoms with Crippen molar-refractivity contribution in [3.63, 3.8) is 0 Å². The predicted octanol–water partition coefficient (Wildman–Crippen LogP) is 0.350. The number of esters is 2. The minimum Gasteiger partial charge on any atom is -0.469 e. The van der Waals surface area contributed by atoms with E-state index in [9.17, 15) is 14.4 Å². The predicted molar refractivity (Wildman–Crippen MR) is 52.1 cm³/mol. The van der Waals surface area contributed by atoms with Gasteiger partial charge in [-0.05, 0) is 15.0 Å². The van der Waals surface area contributed by atoms with Crippen LogP contribution in [0.1, 0.15) is 12.8 Å². The molecule has 0 aromatic heterocycles. The first kappa shape index (κ1) is 13.0. The Morgan fingerprint density at radius 1 is 1.36 bits per heavy atom. The SMILES string of the molecule is COC(=O)CCC(PC=O)C(=O)OC. The van der Waals surface area contributed by atoms with Gasteiger partial charge in [-0.25, -0.2) is 0 Å². The second kappa shape index (κ2) is 7.44. The molecule has 0 bridgehead atoms. The maximum Gasteiger partial charge on any atom is 0.313 e. The van der Waals surface area contributed by atoms with Gasteiger partial charge >= 0.3 is 11.9 Å². The Kier molecular flexibility index (Phi) is 6.93. The minimum absolute atomic E-state index is 0.122. The van der Waals surface area contributed by atoms with Crippen LogP contribution in [0.5, 0.6) is 0 Å². The van der Waals surface area contributed by atoms with Crippen molar-refractivity contribution in [3.8, 4) is 0 Å². The van der Waals surface area contributed by atoms with Crippen molar-refractivity contribution in [2.24, 2.45) is 0 Å². The van der Waals surface area contributed by atoms with Crippen molar-refractivity contribution >= 4 is 26.5 Å². The molecule has 0 aliphatic heterocycles. The maximum atomic E-state index is 11.1. The van der Waals surface area contributed by atoms with Gasteiger partial charge < -0.3 is 9.47 Å². The van der Waals surface area contributed by atoms with Crippen molar-refractivity contribution in [1.29, 1.82) is 0 Å². The van der Waals surface area contributed by atoms with Gasteiger partial charge in [0.25, 0.3) is 0 Å². The lowest BCUT2D eigenvalue weighted by atomic mass is 10.2. The molecular formula is C8H13O5P. The Hall–Kier alpha value is -0.960. The van der Waals surface area contributed by atoms with E-state index in [1.165, 1.54) is 14.2 Å². The zero-order valence-electron chi connectivity index (χ0n) is 8.11. The molecule has 2 unspecified atom stereocenters. The highest BCUT2D eigenvalue weighted by Gasteiger charge is 2.19. The molecule has 0 spiro atoms. The molecule has 5 nitrogen and oxygen atoms in total. The summed E-state index contributed by atoms with van der Waals surface area (Å²) in [5.74, 6) is -0.853. The van der Waals surface area contributed by atoms with Gasteiger partial charge in [0.05, 0.1) is 19.9 Å². The monoisotopic (exact) mass is 220 g/mol. The van der Waals surface area contributed by atoms with Crippen LogP contribution < -0.4 is 0 Å². The Balaban J connectivity index is 4.02. The van der Waals surface area contributed by atoms with Crippen molar-refractivity contribution in [3.05, 3.63) is 0 Å². The number of carbonyl (C=O) groups is 3. The fourth-order valence-electron chi connectivity index (χ4n) is 0.858. The van der Waals surface area contributed by atoms with Gasteiger partial charge in [0, 0.05) is 6.42 Å². The Bertz CT molecular complexity index is 216. The van der Waals surface area contributed by atoms with Crippen LogP contribution in [0.15, 0.2) is 0 Å². The van der Waals surface area contributed by atoms with Crippen molar-refractivity contribution in [1.82, 2.24) is 0 Å². The first-order chi connectivity index (χ1) is 6.65. The molecule has 0 radical (unpaired) electrons. The van der Waals surface area contributed by atoms with Gasteiger partial charge in [-0.15, -0.1) is 0 Å². The average Bonchev–Trinajstić information content (AvgIpc) is 2.22. The maximum absolute atomic E-state index is 11.1. The zero-order chi connectivity index (χ0) is 11.0. The fraction of sp³-hybridized carbons (Fsp3) is 0.625. The van der Waals surface area contributed by atoms with Crippen LogP contribution >= 0.6 is 8.58 Å². The van der Waals surface area contributed by atoms with Crippen LogP contribution in [-0.2, 0) is 23.9 Å². The van der Waals surface area contributed by atoms with Gasteiger partial charge in [-0.2, -0.15) is 0 Å². The summed E-state index contributed by atoms with van der Waals surface area (Å²) in [6, 6.07) is 0.666. The minimum atomic E-state index is -0.517. The quantitative estimate of drug-likeness (QED) is 0.367. The smallest absolute Gasteiger partial charge is 0.313 e. The molecule has 0 saturated heterocycles. The lowest BCUT2D eigenvalue weighted by Gasteiger charge is -2.09. The number of carbonyl (C=O) groups excluding carboxylic acids is 3. The summed E-state index contributed by atoms with van der Waals surface area (Å²) in [7, 11) is 2.36. The summed E-state index contributed by atoms with van der Waals surface area (Å²) in [4.78, 5) is 32.1. The standard InChI is InChI=1S/C8H13O5P/c1-12-7(10)4-3-6(14-5-9)8(11)13-2/h5-6,14H,3-4H2,1-2H3. The third-order valence-corrected chi connectivity index (χ3v) is 2.68. The summed E-state index contributed by atoms with van der Waals surface area (Å²) in [5, 5.41) is 0. The first-order valence-electron chi connectivity index (χ1n) is 4.00. The number of hydrogen-bond donors (Lipinski definition) is 0. The molecule has 14 heavy (non-hydrogen) atoms. The lowest BCUT2D eigenvalue weighted by Crippen LogP contribution is -2.19. The molecule has 0 aliphatic carbocycles. The highest BCUT2D eigenvalue weighted by molar-refractivity contribution is 7.56. The topological polar surface area (TPSA) is 69.7 Å². The van der Waals surface area contributed by atoms with Crippen LogP contribution in [0.25, 0.3) is 0 Å². The summed E-state index contributed by atoms with van der Waals surface area (Å²) in [5.41, 5.74) is -0.517. The van der Waals surface area contributed by atoms with E-state index in [2.05, 4.69) is 9.47 Å². The molecule has 80 valence electrons. The van der Waals surface area contributed by atoms with Crippen LogP contribution in [-0.4, -0.2) is 37.8 Å². The number of hydrogen-bond acceptors (Lipinski definition) is 5. The Morgan fingerprint density at radius 3 is 2.43 bits per heavy atom. The Morgan fingerprint density at radius 2 is 2.00 bits per heavy atom. The molecule has 6 heteroatoms. The fourth-order valence-corrected chi connectivity index (χ4v) is 1.59. The van der Waals surface area contributed by atoms with Crippen LogP contribution in [0.4, 0.5) is 0 Å². The van der Waals surface area contributed by atoms with E-state index in [1.54, 1.807) is 0 Å². The largest absolute Gasteiger partial charge is 0.469 e. The molecule has 0 rings (SSSR count). The zero-order valence-corrected chi connectivity index (χ0v) is 9.11. The molecular weight excluding hydrogens is 207 g/mol. The van der Waals surface area contributed by atoms with Crippen LogP contribution in [0, 0.1) is 0 Å². The highest BCUT2D eigenvalue weighted by atomic mass is 31.1. The third kappa shape index (κ3) is 4.92. The molecule has 0 aromatic rings. The molecule has 2 atom stereocenters. The third-order valence-electron chi connectivity index (χ3n) is 1.62. The van der Waals surface area contributed by atoms with E-state index in [0.29, 0.717) is 6.03 Å². The van der Waals surface area contributed by atoms with Crippen LogP contribution in [0.3, 0.4) is 0 Å². The molecule has 0 aromatic carbocycles. The van der Waals surface area contributed by atoms with Crippen molar-refractivity contribution in [2.75, 3.05) is 14.2 Å². The summed E-state index contributed by atoms with van der Waals surface area (Å²) in [6.45, 7) is 0. The van der Waals surface area contributed by atoms with E-state index >= 15 is 0 Å². The highest BCUT2D eigenvalue weighted by Crippen LogP contribution is 2.21.